The molecule has 0 N–H and O–H groups in total. The van der Waals surface area contributed by atoms with E-state index in [1.54, 1.807) is 4.90 Å². The highest BCUT2D eigenvalue weighted by atomic mass is 16.2. The third-order valence-corrected chi connectivity index (χ3v) is 6.87. The average molecular weight is 394 g/mol. The zero-order valence-corrected chi connectivity index (χ0v) is 18.1. The van der Waals surface area contributed by atoms with Crippen molar-refractivity contribution < 1.29 is 4.79 Å². The molecule has 1 amide bonds. The molecule has 2 nitrogen and oxygen atoms in total. The van der Waals surface area contributed by atoms with E-state index in [9.17, 15) is 4.79 Å². The van der Waals surface area contributed by atoms with Gasteiger partial charge in [-0.3, -0.25) is 4.79 Å². The zero-order valence-electron chi connectivity index (χ0n) is 18.1. The summed E-state index contributed by atoms with van der Waals surface area (Å²) in [6.45, 7) is 6.86. The van der Waals surface area contributed by atoms with Gasteiger partial charge in [-0.25, -0.2) is 0 Å². The first kappa shape index (κ1) is 18.9. The third kappa shape index (κ3) is 2.74. The zero-order chi connectivity index (χ0) is 21.0. The van der Waals surface area contributed by atoms with Crippen molar-refractivity contribution in [3.05, 3.63) is 89.5 Å². The van der Waals surface area contributed by atoms with Crippen molar-refractivity contribution in [1.29, 1.82) is 0 Å². The summed E-state index contributed by atoms with van der Waals surface area (Å²) >= 11 is 0. The maximum atomic E-state index is 12.6. The number of benzene rings is 3. The van der Waals surface area contributed by atoms with E-state index in [-0.39, 0.29) is 11.3 Å². The maximum absolute atomic E-state index is 12.6. The van der Waals surface area contributed by atoms with Crippen LogP contribution in [-0.2, 0) is 5.41 Å². The van der Waals surface area contributed by atoms with E-state index in [0.717, 1.165) is 28.4 Å². The predicted octanol–water partition coefficient (Wildman–Crippen LogP) is 6.90. The molecular weight excluding hydrogens is 366 g/mol. The van der Waals surface area contributed by atoms with Gasteiger partial charge in [-0.2, -0.15) is 0 Å². The largest absolute Gasteiger partial charge is 0.311 e. The van der Waals surface area contributed by atoms with Crippen molar-refractivity contribution >= 4 is 22.4 Å². The van der Waals surface area contributed by atoms with Crippen LogP contribution in [0.25, 0.3) is 21.9 Å². The Bertz CT molecular complexity index is 1230. The lowest BCUT2D eigenvalue weighted by Crippen LogP contribution is -2.20. The second-order valence-electron chi connectivity index (χ2n) is 9.16. The molecule has 0 radical (unpaired) electrons. The number of amides is 1. The molecule has 3 aromatic rings. The van der Waals surface area contributed by atoms with Crippen LogP contribution in [0.3, 0.4) is 0 Å². The van der Waals surface area contributed by atoms with Gasteiger partial charge in [0.05, 0.1) is 5.69 Å². The number of rotatable bonds is 3. The Morgan fingerprint density at radius 2 is 1.73 bits per heavy atom. The molecule has 0 saturated heterocycles. The topological polar surface area (TPSA) is 20.3 Å². The molecule has 150 valence electrons. The number of hydrogen-bond acceptors (Lipinski definition) is 1. The van der Waals surface area contributed by atoms with Crippen molar-refractivity contribution in [1.82, 2.24) is 0 Å². The Labute approximate surface area is 178 Å². The first-order valence-corrected chi connectivity index (χ1v) is 10.7. The number of hydrogen-bond donors (Lipinski definition) is 0. The molecule has 1 aliphatic carbocycles. The number of allylic oxidation sites excluding steroid dienone is 4. The van der Waals surface area contributed by atoms with Gasteiger partial charge in [0.1, 0.15) is 0 Å². The van der Waals surface area contributed by atoms with Crippen molar-refractivity contribution in [2.24, 2.45) is 5.92 Å². The summed E-state index contributed by atoms with van der Waals surface area (Å²) in [5, 5.41) is 2.21. The molecule has 1 atom stereocenters. The molecule has 3 aromatic carbocycles. The summed E-state index contributed by atoms with van der Waals surface area (Å²) in [7, 11) is 1.85. The molecule has 0 saturated carbocycles. The van der Waals surface area contributed by atoms with Crippen LogP contribution in [-0.4, -0.2) is 13.0 Å². The Kier molecular flexibility index (Phi) is 4.21. The highest BCUT2D eigenvalue weighted by Gasteiger charge is 2.28. The molecule has 0 spiro atoms. The molecule has 0 aromatic heterocycles. The van der Waals surface area contributed by atoms with Gasteiger partial charge in [0.15, 0.2) is 0 Å². The minimum Gasteiger partial charge on any atom is -0.311 e. The van der Waals surface area contributed by atoms with Crippen LogP contribution >= 0.6 is 0 Å². The Balaban J connectivity index is 1.56. The van der Waals surface area contributed by atoms with E-state index in [4.69, 9.17) is 0 Å². The van der Waals surface area contributed by atoms with Crippen LogP contribution in [0.15, 0.2) is 78.4 Å². The second kappa shape index (κ2) is 6.70. The number of carbonyl (C=O) groups excluding carboxylic acids is 1. The van der Waals surface area contributed by atoms with Crippen molar-refractivity contribution in [2.45, 2.75) is 32.6 Å². The van der Waals surface area contributed by atoms with Crippen molar-refractivity contribution in [2.75, 3.05) is 11.9 Å². The summed E-state index contributed by atoms with van der Waals surface area (Å²) in [6.07, 6.45) is 8.10. The molecule has 0 fully saturated rings. The molecule has 1 heterocycles. The monoisotopic (exact) mass is 393 g/mol. The van der Waals surface area contributed by atoms with Crippen LogP contribution in [0.5, 0.6) is 0 Å². The quantitative estimate of drug-likeness (QED) is 0.474. The van der Waals surface area contributed by atoms with E-state index in [1.165, 1.54) is 22.3 Å². The van der Waals surface area contributed by atoms with E-state index >= 15 is 0 Å². The smallest absolute Gasteiger partial charge is 0.258 e. The highest BCUT2D eigenvalue weighted by molar-refractivity contribution is 6.26. The van der Waals surface area contributed by atoms with E-state index in [0.29, 0.717) is 5.92 Å². The SMILES string of the molecule is CC1C=CC(C(C)(C)c2ccc(-c3ccc4c5c(cccc35)C(=O)N4C)cc2)=CC1. The first-order chi connectivity index (χ1) is 14.4. The van der Waals surface area contributed by atoms with Gasteiger partial charge in [0, 0.05) is 23.4 Å². The van der Waals surface area contributed by atoms with Gasteiger partial charge in [-0.15, -0.1) is 0 Å². The summed E-state index contributed by atoms with van der Waals surface area (Å²) < 4.78 is 0. The third-order valence-electron chi connectivity index (χ3n) is 6.87. The Hall–Kier alpha value is -3.13. The maximum Gasteiger partial charge on any atom is 0.258 e. The highest BCUT2D eigenvalue weighted by Crippen LogP contribution is 2.42. The van der Waals surface area contributed by atoms with Crippen LogP contribution in [0, 0.1) is 5.92 Å². The Morgan fingerprint density at radius 3 is 2.43 bits per heavy atom. The van der Waals surface area contributed by atoms with Gasteiger partial charge in [-0.1, -0.05) is 81.5 Å². The van der Waals surface area contributed by atoms with E-state index in [2.05, 4.69) is 81.5 Å². The summed E-state index contributed by atoms with van der Waals surface area (Å²) in [4.78, 5) is 14.3. The molecule has 2 aliphatic rings. The van der Waals surface area contributed by atoms with Gasteiger partial charge >= 0.3 is 0 Å². The molecule has 0 bridgehead atoms. The van der Waals surface area contributed by atoms with Gasteiger partial charge < -0.3 is 4.90 Å². The fourth-order valence-electron chi connectivity index (χ4n) is 4.81. The predicted molar refractivity (Wildman–Crippen MR) is 126 cm³/mol. The van der Waals surface area contributed by atoms with Crippen LogP contribution in [0.4, 0.5) is 5.69 Å². The number of anilines is 1. The minimum atomic E-state index is -0.0215. The lowest BCUT2D eigenvalue weighted by Gasteiger charge is -2.29. The van der Waals surface area contributed by atoms with Crippen LogP contribution in [0.2, 0.25) is 0 Å². The fourth-order valence-corrected chi connectivity index (χ4v) is 4.81. The van der Waals surface area contributed by atoms with Crippen LogP contribution in [0.1, 0.15) is 43.1 Å². The van der Waals surface area contributed by atoms with Crippen molar-refractivity contribution in [3.63, 3.8) is 0 Å². The average Bonchev–Trinajstić information content (AvgIpc) is 3.01. The molecule has 30 heavy (non-hydrogen) atoms. The molecular formula is C28H27NO. The van der Waals surface area contributed by atoms with Crippen molar-refractivity contribution in [3.8, 4) is 11.1 Å². The lowest BCUT2D eigenvalue weighted by molar-refractivity contribution is 0.0999. The van der Waals surface area contributed by atoms with Gasteiger partial charge in [0.2, 0.25) is 0 Å². The first-order valence-electron chi connectivity index (χ1n) is 10.7. The summed E-state index contributed by atoms with van der Waals surface area (Å²) in [5.74, 6) is 0.703. The van der Waals surface area contributed by atoms with E-state index in [1.807, 2.05) is 19.2 Å². The summed E-state index contributed by atoms with van der Waals surface area (Å²) in [6, 6.07) is 19.2. The second-order valence-corrected chi connectivity index (χ2v) is 9.16. The number of carbonyl (C=O) groups is 1. The molecule has 5 rings (SSSR count). The normalized spacial score (nSPS) is 18.3. The lowest BCUT2D eigenvalue weighted by atomic mass is 9.75. The van der Waals surface area contributed by atoms with Gasteiger partial charge in [-0.05, 0) is 52.1 Å². The minimum absolute atomic E-state index is 0.0215. The molecule has 2 heteroatoms. The molecule has 1 unspecified atom stereocenters. The molecule has 1 aliphatic heterocycles. The van der Waals surface area contributed by atoms with Gasteiger partial charge in [0.25, 0.3) is 5.91 Å². The number of nitrogens with zero attached hydrogens (tertiary/aromatic N) is 1. The van der Waals surface area contributed by atoms with E-state index < -0.39 is 0 Å². The Morgan fingerprint density at radius 1 is 0.967 bits per heavy atom. The fraction of sp³-hybridized carbons (Fsp3) is 0.250. The van der Waals surface area contributed by atoms with Crippen LogP contribution < -0.4 is 4.90 Å². The summed E-state index contributed by atoms with van der Waals surface area (Å²) in [5.41, 5.74) is 6.84. The standard InChI is InChI=1S/C28H27NO/c1-18-8-12-20(13-9-18)28(2,3)21-14-10-19(11-15-21)22-16-17-25-26-23(22)6-5-7-24(26)27(30)29(25)4/h5-8,10-18H,9H2,1-4H3.